The molecule has 0 atom stereocenters. The Morgan fingerprint density at radius 1 is 1.00 bits per heavy atom. The lowest BCUT2D eigenvalue weighted by atomic mass is 10.0. The quantitative estimate of drug-likeness (QED) is 0.192. The van der Waals surface area contributed by atoms with E-state index in [1.165, 1.54) is 0 Å². The normalized spacial score (nSPS) is 11.3. The summed E-state index contributed by atoms with van der Waals surface area (Å²) >= 11 is 5.95. The molecule has 31 heavy (non-hydrogen) atoms. The maximum Gasteiger partial charge on any atom is 0.221 e. The van der Waals surface area contributed by atoms with Crippen LogP contribution in [0.5, 0.6) is 5.75 Å². The molecule has 0 spiro atoms. The van der Waals surface area contributed by atoms with Crippen LogP contribution in [-0.2, 0) is 11.3 Å². The lowest BCUT2D eigenvalue weighted by Crippen LogP contribution is -2.05. The molecule has 2 aromatic carbocycles. The van der Waals surface area contributed by atoms with Crippen LogP contribution in [-0.4, -0.2) is 22.3 Å². The molecule has 0 amide bonds. The molecule has 0 unspecified atom stereocenters. The standard InChI is InChI=1S/C24H19ClN4O2/c25-18-5-1-16(2-6-18)13-21(24(27)31-15-26)17-3-8-20(9-4-17)30-14-19-7-10-22-23(29-19)11-12-28-22/h1-13,15,26-28H,14H2. The number of fused-ring (bicyclic) bond motifs is 1. The molecule has 0 aliphatic carbocycles. The molecular formula is C24H19ClN4O2. The summed E-state index contributed by atoms with van der Waals surface area (Å²) in [6, 6.07) is 20.5. The van der Waals surface area contributed by atoms with Gasteiger partial charge >= 0.3 is 0 Å². The molecule has 0 radical (unpaired) electrons. The molecule has 7 heteroatoms. The molecule has 0 saturated heterocycles. The second-order valence-electron chi connectivity index (χ2n) is 6.70. The van der Waals surface area contributed by atoms with Crippen LogP contribution in [0.2, 0.25) is 5.02 Å². The van der Waals surface area contributed by atoms with E-state index < -0.39 is 0 Å². The van der Waals surface area contributed by atoms with E-state index in [-0.39, 0.29) is 5.90 Å². The molecular weight excluding hydrogens is 412 g/mol. The van der Waals surface area contributed by atoms with Crippen LogP contribution in [0.25, 0.3) is 22.7 Å². The van der Waals surface area contributed by atoms with Crippen LogP contribution < -0.4 is 4.74 Å². The van der Waals surface area contributed by atoms with Gasteiger partial charge in [0.05, 0.1) is 16.7 Å². The minimum Gasteiger partial charge on any atom is -0.487 e. The van der Waals surface area contributed by atoms with Crippen LogP contribution >= 0.6 is 11.6 Å². The molecule has 154 valence electrons. The maximum absolute atomic E-state index is 8.16. The highest BCUT2D eigenvalue weighted by atomic mass is 35.5. The van der Waals surface area contributed by atoms with Crippen molar-refractivity contribution >= 4 is 46.6 Å². The number of aromatic nitrogens is 2. The van der Waals surface area contributed by atoms with Crippen molar-refractivity contribution in [2.45, 2.75) is 6.61 Å². The number of hydrogen-bond acceptors (Lipinski definition) is 5. The zero-order valence-electron chi connectivity index (χ0n) is 16.4. The predicted molar refractivity (Wildman–Crippen MR) is 124 cm³/mol. The van der Waals surface area contributed by atoms with Gasteiger partial charge in [0.2, 0.25) is 5.90 Å². The van der Waals surface area contributed by atoms with E-state index >= 15 is 0 Å². The van der Waals surface area contributed by atoms with E-state index in [0.717, 1.165) is 34.3 Å². The second kappa shape index (κ2) is 9.28. The third-order valence-electron chi connectivity index (χ3n) is 4.62. The molecule has 0 saturated carbocycles. The topological polar surface area (TPSA) is 94.8 Å². The van der Waals surface area contributed by atoms with Gasteiger partial charge in [-0.25, -0.2) is 4.98 Å². The van der Waals surface area contributed by atoms with Gasteiger partial charge in [-0.05, 0) is 59.7 Å². The van der Waals surface area contributed by atoms with Crippen LogP contribution in [0.3, 0.4) is 0 Å². The molecule has 4 aromatic rings. The highest BCUT2D eigenvalue weighted by molar-refractivity contribution is 6.30. The van der Waals surface area contributed by atoms with Crippen LogP contribution in [0, 0.1) is 10.8 Å². The first kappa shape index (κ1) is 20.4. The van der Waals surface area contributed by atoms with Crippen molar-refractivity contribution in [3.63, 3.8) is 0 Å². The molecule has 3 N–H and O–H groups in total. The number of halogens is 1. The summed E-state index contributed by atoms with van der Waals surface area (Å²) in [6.07, 6.45) is 4.41. The molecule has 0 aliphatic heterocycles. The van der Waals surface area contributed by atoms with Crippen molar-refractivity contribution in [1.82, 2.24) is 9.97 Å². The molecule has 0 aliphatic rings. The van der Waals surface area contributed by atoms with Gasteiger partial charge in [0, 0.05) is 16.8 Å². The highest BCUT2D eigenvalue weighted by Crippen LogP contribution is 2.24. The highest BCUT2D eigenvalue weighted by Gasteiger charge is 2.11. The summed E-state index contributed by atoms with van der Waals surface area (Å²) in [5.74, 6) is 0.563. The summed E-state index contributed by atoms with van der Waals surface area (Å²) in [4.78, 5) is 7.67. The second-order valence-corrected chi connectivity index (χ2v) is 7.14. The number of hydrogen-bond donors (Lipinski definition) is 3. The third-order valence-corrected chi connectivity index (χ3v) is 4.87. The molecule has 4 rings (SSSR count). The first-order chi connectivity index (χ1) is 15.1. The SMILES string of the molecule is N=COC(=N)C(=Cc1ccc(Cl)cc1)c1ccc(OCc2ccc3[nH]ccc3n2)cc1. The number of nitrogens with zero attached hydrogens (tertiary/aromatic N) is 1. The van der Waals surface area contributed by atoms with Crippen LogP contribution in [0.4, 0.5) is 0 Å². The Kier molecular flexibility index (Phi) is 6.10. The number of aromatic amines is 1. The Balaban J connectivity index is 1.52. The van der Waals surface area contributed by atoms with Crippen molar-refractivity contribution in [2.75, 3.05) is 0 Å². The van der Waals surface area contributed by atoms with Crippen molar-refractivity contribution in [1.29, 1.82) is 10.8 Å². The van der Waals surface area contributed by atoms with Gasteiger partial charge in [-0.15, -0.1) is 0 Å². The van der Waals surface area contributed by atoms with E-state index in [9.17, 15) is 0 Å². The fraction of sp³-hybridized carbons (Fsp3) is 0.0417. The van der Waals surface area contributed by atoms with Crippen molar-refractivity contribution in [3.8, 4) is 5.75 Å². The zero-order valence-corrected chi connectivity index (χ0v) is 17.2. The predicted octanol–water partition coefficient (Wildman–Crippen LogP) is 5.94. The fourth-order valence-electron chi connectivity index (χ4n) is 3.07. The number of benzene rings is 2. The van der Waals surface area contributed by atoms with E-state index in [2.05, 4.69) is 9.97 Å². The Morgan fingerprint density at radius 3 is 2.52 bits per heavy atom. The lowest BCUT2D eigenvalue weighted by Gasteiger charge is -2.11. The first-order valence-electron chi connectivity index (χ1n) is 9.50. The Labute approximate surface area is 184 Å². The smallest absolute Gasteiger partial charge is 0.221 e. The van der Waals surface area contributed by atoms with Gasteiger partial charge in [-0.1, -0.05) is 35.9 Å². The van der Waals surface area contributed by atoms with Gasteiger partial charge in [0.15, 0.2) is 6.40 Å². The van der Waals surface area contributed by atoms with E-state index in [0.29, 0.717) is 23.0 Å². The van der Waals surface area contributed by atoms with Crippen LogP contribution in [0.15, 0.2) is 72.9 Å². The summed E-state index contributed by atoms with van der Waals surface area (Å²) in [6.45, 7) is 0.348. The summed E-state index contributed by atoms with van der Waals surface area (Å²) in [5.41, 5.74) is 4.89. The largest absolute Gasteiger partial charge is 0.487 e. The molecule has 2 aromatic heterocycles. The molecule has 6 nitrogen and oxygen atoms in total. The minimum absolute atomic E-state index is 0.123. The average molecular weight is 431 g/mol. The van der Waals surface area contributed by atoms with Crippen LogP contribution in [0.1, 0.15) is 16.8 Å². The van der Waals surface area contributed by atoms with E-state index in [4.69, 9.17) is 31.9 Å². The van der Waals surface area contributed by atoms with E-state index in [1.807, 2.05) is 66.9 Å². The van der Waals surface area contributed by atoms with Gasteiger partial charge < -0.3 is 14.5 Å². The number of rotatable bonds is 7. The van der Waals surface area contributed by atoms with Crippen molar-refractivity contribution in [2.24, 2.45) is 0 Å². The molecule has 0 fully saturated rings. The fourth-order valence-corrected chi connectivity index (χ4v) is 3.20. The van der Waals surface area contributed by atoms with Gasteiger partial charge in [-0.2, -0.15) is 0 Å². The van der Waals surface area contributed by atoms with Gasteiger partial charge in [0.1, 0.15) is 12.4 Å². The van der Waals surface area contributed by atoms with Crippen molar-refractivity contribution in [3.05, 3.63) is 94.8 Å². The first-order valence-corrected chi connectivity index (χ1v) is 9.88. The maximum atomic E-state index is 8.16. The van der Waals surface area contributed by atoms with Gasteiger partial charge in [0.25, 0.3) is 0 Å². The zero-order chi connectivity index (χ0) is 21.6. The number of nitrogens with one attached hydrogen (secondary N) is 3. The Hall–Kier alpha value is -3.90. The lowest BCUT2D eigenvalue weighted by molar-refractivity contribution is 0.302. The Bertz CT molecular complexity index is 1240. The molecule has 0 bridgehead atoms. The van der Waals surface area contributed by atoms with Crippen molar-refractivity contribution < 1.29 is 9.47 Å². The van der Waals surface area contributed by atoms with Gasteiger partial charge in [-0.3, -0.25) is 10.8 Å². The average Bonchev–Trinajstić information content (AvgIpc) is 3.26. The monoisotopic (exact) mass is 430 g/mol. The third kappa shape index (κ3) is 4.99. The molecule has 2 heterocycles. The summed E-state index contributed by atoms with van der Waals surface area (Å²) in [7, 11) is 0. The number of ether oxygens (including phenoxy) is 2. The number of pyridine rings is 1. The Morgan fingerprint density at radius 2 is 1.77 bits per heavy atom. The van der Waals surface area contributed by atoms with E-state index in [1.54, 1.807) is 12.1 Å². The summed E-state index contributed by atoms with van der Waals surface area (Å²) in [5, 5.41) is 15.9. The number of H-pyrrole nitrogens is 1. The minimum atomic E-state index is -0.123. The summed E-state index contributed by atoms with van der Waals surface area (Å²) < 4.78 is 10.9.